The summed E-state index contributed by atoms with van der Waals surface area (Å²) in [7, 11) is 0. The van der Waals surface area contributed by atoms with E-state index in [1.165, 1.54) is 17.7 Å². The first-order valence-corrected chi connectivity index (χ1v) is 12.4. The smallest absolute Gasteiger partial charge is 0.410 e. The van der Waals surface area contributed by atoms with Crippen LogP contribution < -0.4 is 5.73 Å². The van der Waals surface area contributed by atoms with Gasteiger partial charge in [0.15, 0.2) is 0 Å². The second kappa shape index (κ2) is 10.4. The summed E-state index contributed by atoms with van der Waals surface area (Å²) in [6, 6.07) is 10.7. The predicted molar refractivity (Wildman–Crippen MR) is 125 cm³/mol. The van der Waals surface area contributed by atoms with Crippen LogP contribution in [0.1, 0.15) is 52.9 Å². The van der Waals surface area contributed by atoms with Crippen LogP contribution in [0.4, 0.5) is 4.79 Å². The van der Waals surface area contributed by atoms with Crippen LogP contribution in [0.15, 0.2) is 35.2 Å². The summed E-state index contributed by atoms with van der Waals surface area (Å²) >= 11 is 1.85. The molecular weight excluding hydrogens is 394 g/mol. The quantitative estimate of drug-likeness (QED) is 0.664. The molecule has 2 aliphatic heterocycles. The Bertz CT molecular complexity index is 659. The van der Waals surface area contributed by atoms with Crippen molar-refractivity contribution in [1.82, 2.24) is 9.80 Å². The minimum Gasteiger partial charge on any atom is -0.444 e. The number of benzene rings is 1. The number of carbonyl (C=O) groups is 1. The maximum Gasteiger partial charge on any atom is 0.410 e. The van der Waals surface area contributed by atoms with Gasteiger partial charge in [0.05, 0.1) is 0 Å². The third kappa shape index (κ3) is 7.17. The summed E-state index contributed by atoms with van der Waals surface area (Å²) < 4.78 is 5.54. The highest BCUT2D eigenvalue weighted by molar-refractivity contribution is 7.99. The molecule has 1 spiro atoms. The maximum atomic E-state index is 12.3. The molecule has 0 bridgehead atoms. The number of rotatable bonds is 6. The molecule has 0 radical (unpaired) electrons. The number of likely N-dealkylation sites (tertiary alicyclic amines) is 2. The second-order valence-corrected chi connectivity index (χ2v) is 11.1. The molecule has 5 nitrogen and oxygen atoms in total. The van der Waals surface area contributed by atoms with Crippen LogP contribution in [0.2, 0.25) is 0 Å². The van der Waals surface area contributed by atoms with E-state index in [0.29, 0.717) is 5.41 Å². The molecule has 3 rings (SSSR count). The fraction of sp³-hybridized carbons (Fsp3) is 0.708. The number of ether oxygens (including phenoxy) is 1. The normalized spacial score (nSPS) is 20.9. The van der Waals surface area contributed by atoms with Crippen molar-refractivity contribution in [2.45, 2.75) is 69.4 Å². The van der Waals surface area contributed by atoms with Gasteiger partial charge in [-0.25, -0.2) is 4.79 Å². The average Bonchev–Trinajstić information content (AvgIpc) is 2.72. The molecule has 1 amide bonds. The van der Waals surface area contributed by atoms with Gasteiger partial charge in [-0.05, 0) is 90.1 Å². The van der Waals surface area contributed by atoms with E-state index in [9.17, 15) is 4.79 Å². The van der Waals surface area contributed by atoms with Crippen LogP contribution in [-0.4, -0.2) is 66.0 Å². The van der Waals surface area contributed by atoms with Crippen molar-refractivity contribution in [2.75, 3.05) is 38.5 Å². The summed E-state index contributed by atoms with van der Waals surface area (Å²) in [5.74, 6) is 0.974. The number of nitrogens with zero attached hydrogens (tertiary/aromatic N) is 2. The number of nitrogens with two attached hydrogens (primary N) is 1. The van der Waals surface area contributed by atoms with Crippen molar-refractivity contribution in [3.63, 3.8) is 0 Å². The van der Waals surface area contributed by atoms with Crippen LogP contribution in [0, 0.1) is 5.41 Å². The zero-order valence-electron chi connectivity index (χ0n) is 18.9. The van der Waals surface area contributed by atoms with Crippen molar-refractivity contribution in [1.29, 1.82) is 0 Å². The first-order valence-electron chi connectivity index (χ1n) is 11.4. The number of piperidine rings is 2. The molecule has 0 saturated carbocycles. The van der Waals surface area contributed by atoms with Crippen LogP contribution in [0.25, 0.3) is 0 Å². The minimum absolute atomic E-state index is 0.155. The lowest BCUT2D eigenvalue weighted by Gasteiger charge is -2.47. The van der Waals surface area contributed by atoms with Crippen LogP contribution in [0.3, 0.4) is 0 Å². The van der Waals surface area contributed by atoms with E-state index in [0.717, 1.165) is 57.7 Å². The lowest BCUT2D eigenvalue weighted by atomic mass is 9.71. The van der Waals surface area contributed by atoms with Gasteiger partial charge in [-0.15, -0.1) is 11.8 Å². The summed E-state index contributed by atoms with van der Waals surface area (Å²) in [6.07, 6.45) is 5.59. The summed E-state index contributed by atoms with van der Waals surface area (Å²) in [6.45, 7) is 10.9. The third-order valence-electron chi connectivity index (χ3n) is 6.42. The van der Waals surface area contributed by atoms with Crippen molar-refractivity contribution in [3.8, 4) is 0 Å². The highest BCUT2D eigenvalue weighted by atomic mass is 32.2. The molecule has 1 atom stereocenters. The highest BCUT2D eigenvalue weighted by Crippen LogP contribution is 2.41. The van der Waals surface area contributed by atoms with E-state index in [-0.39, 0.29) is 12.1 Å². The van der Waals surface area contributed by atoms with Gasteiger partial charge in [0.25, 0.3) is 0 Å². The average molecular weight is 434 g/mol. The fourth-order valence-corrected chi connectivity index (χ4v) is 5.32. The number of hydrogen-bond acceptors (Lipinski definition) is 5. The predicted octanol–water partition coefficient (Wildman–Crippen LogP) is 4.61. The van der Waals surface area contributed by atoms with Gasteiger partial charge < -0.3 is 20.3 Å². The molecule has 2 aliphatic rings. The van der Waals surface area contributed by atoms with Gasteiger partial charge >= 0.3 is 6.09 Å². The van der Waals surface area contributed by atoms with E-state index in [1.807, 2.05) is 37.4 Å². The molecule has 168 valence electrons. The van der Waals surface area contributed by atoms with Gasteiger partial charge in [0, 0.05) is 29.8 Å². The molecule has 2 N–H and O–H groups in total. The SMILES string of the molecule is CC(C)(C)OC(=O)N1CCC2(CCN(CC[C@@H](N)CSc3ccccc3)CC2)CC1. The Balaban J connectivity index is 1.33. The molecule has 2 saturated heterocycles. The zero-order chi connectivity index (χ0) is 21.6. The first-order chi connectivity index (χ1) is 14.2. The zero-order valence-corrected chi connectivity index (χ0v) is 19.8. The fourth-order valence-electron chi connectivity index (χ4n) is 4.39. The van der Waals surface area contributed by atoms with Crippen LogP contribution in [-0.2, 0) is 4.74 Å². The molecule has 1 aromatic rings. The van der Waals surface area contributed by atoms with E-state index in [1.54, 1.807) is 0 Å². The van der Waals surface area contributed by atoms with Crippen molar-refractivity contribution >= 4 is 17.9 Å². The molecule has 2 heterocycles. The monoisotopic (exact) mass is 433 g/mol. The largest absolute Gasteiger partial charge is 0.444 e. The van der Waals surface area contributed by atoms with E-state index < -0.39 is 5.60 Å². The Morgan fingerprint density at radius 1 is 1.10 bits per heavy atom. The standard InChI is InChI=1S/C24H39N3O2S/c1-23(2,3)29-22(28)27-17-12-24(13-18-27)10-15-26(16-11-24)14-9-20(25)19-30-21-7-5-4-6-8-21/h4-8,20H,9-19,25H2,1-3H3/t20-/m1/s1. The Morgan fingerprint density at radius 3 is 2.30 bits per heavy atom. The molecule has 2 fully saturated rings. The number of amides is 1. The van der Waals surface area contributed by atoms with Gasteiger partial charge in [-0.2, -0.15) is 0 Å². The molecule has 0 aliphatic carbocycles. The van der Waals surface area contributed by atoms with Crippen molar-refractivity contribution in [3.05, 3.63) is 30.3 Å². The Labute approximate surface area is 186 Å². The lowest BCUT2D eigenvalue weighted by Crippen LogP contribution is -2.49. The minimum atomic E-state index is -0.419. The summed E-state index contributed by atoms with van der Waals surface area (Å²) in [4.78, 5) is 18.1. The van der Waals surface area contributed by atoms with Gasteiger partial charge in [0.2, 0.25) is 0 Å². The number of carbonyl (C=O) groups excluding carboxylic acids is 1. The lowest BCUT2D eigenvalue weighted by molar-refractivity contribution is -0.00251. The van der Waals surface area contributed by atoms with E-state index in [4.69, 9.17) is 10.5 Å². The first kappa shape index (κ1) is 23.4. The third-order valence-corrected chi connectivity index (χ3v) is 7.62. The topological polar surface area (TPSA) is 58.8 Å². The Hall–Kier alpha value is -1.24. The Kier molecular flexibility index (Phi) is 8.11. The summed E-state index contributed by atoms with van der Waals surface area (Å²) in [5, 5.41) is 0. The van der Waals surface area contributed by atoms with Gasteiger partial charge in [-0.3, -0.25) is 0 Å². The Morgan fingerprint density at radius 2 is 1.70 bits per heavy atom. The summed E-state index contributed by atoms with van der Waals surface area (Å²) in [5.41, 5.74) is 6.36. The highest BCUT2D eigenvalue weighted by Gasteiger charge is 2.39. The molecule has 0 aromatic heterocycles. The second-order valence-electron chi connectivity index (χ2n) is 9.98. The van der Waals surface area contributed by atoms with Crippen LogP contribution in [0.5, 0.6) is 0 Å². The van der Waals surface area contributed by atoms with Gasteiger partial charge in [0.1, 0.15) is 5.60 Å². The van der Waals surface area contributed by atoms with Crippen LogP contribution >= 0.6 is 11.8 Å². The number of thioether (sulfide) groups is 1. The maximum absolute atomic E-state index is 12.3. The number of hydrogen-bond donors (Lipinski definition) is 1. The van der Waals surface area contributed by atoms with Crippen molar-refractivity contribution in [2.24, 2.45) is 11.1 Å². The molecule has 0 unspecified atom stereocenters. The van der Waals surface area contributed by atoms with Gasteiger partial charge in [-0.1, -0.05) is 18.2 Å². The van der Waals surface area contributed by atoms with E-state index in [2.05, 4.69) is 35.2 Å². The van der Waals surface area contributed by atoms with Crippen molar-refractivity contribution < 1.29 is 9.53 Å². The van der Waals surface area contributed by atoms with E-state index >= 15 is 0 Å². The molecule has 1 aromatic carbocycles. The molecule has 6 heteroatoms. The molecular formula is C24H39N3O2S. The molecule has 30 heavy (non-hydrogen) atoms.